The third kappa shape index (κ3) is 2.65. The Morgan fingerprint density at radius 1 is 1.38 bits per heavy atom. The van der Waals surface area contributed by atoms with Gasteiger partial charge in [0, 0.05) is 31.5 Å². The molecule has 0 saturated heterocycles. The smallest absolute Gasteiger partial charge is 0.221 e. The first-order valence-corrected chi connectivity index (χ1v) is 6.91. The van der Waals surface area contributed by atoms with E-state index in [1.165, 1.54) is 6.92 Å². The van der Waals surface area contributed by atoms with Gasteiger partial charge in [-0.1, -0.05) is 0 Å². The molecule has 6 heteroatoms. The second kappa shape index (κ2) is 5.40. The molecule has 21 heavy (non-hydrogen) atoms. The summed E-state index contributed by atoms with van der Waals surface area (Å²) in [6, 6.07) is 7.68. The van der Waals surface area contributed by atoms with Crippen LogP contribution >= 0.6 is 0 Å². The summed E-state index contributed by atoms with van der Waals surface area (Å²) in [5.41, 5.74) is 2.71. The van der Waals surface area contributed by atoms with Crippen LogP contribution in [-0.4, -0.2) is 25.2 Å². The molecule has 0 bridgehead atoms. The average molecular weight is 283 g/mol. The zero-order chi connectivity index (χ0) is 14.8. The number of rotatable bonds is 4. The predicted molar refractivity (Wildman–Crippen MR) is 81.0 cm³/mol. The van der Waals surface area contributed by atoms with E-state index in [1.807, 2.05) is 35.1 Å². The number of imidazole rings is 1. The highest BCUT2D eigenvalue weighted by molar-refractivity contribution is 5.91. The van der Waals surface area contributed by atoms with Gasteiger partial charge in [0.25, 0.3) is 0 Å². The molecule has 1 aromatic carbocycles. The van der Waals surface area contributed by atoms with Gasteiger partial charge in [-0.3, -0.25) is 9.48 Å². The fraction of sp³-hybridized carbons (Fsp3) is 0.267. The average Bonchev–Trinajstić information content (AvgIpc) is 3.05. The maximum Gasteiger partial charge on any atom is 0.221 e. The van der Waals surface area contributed by atoms with Gasteiger partial charge in [-0.15, -0.1) is 0 Å². The van der Waals surface area contributed by atoms with Gasteiger partial charge in [0.1, 0.15) is 5.82 Å². The van der Waals surface area contributed by atoms with E-state index < -0.39 is 0 Å². The fourth-order valence-electron chi connectivity index (χ4n) is 2.47. The van der Waals surface area contributed by atoms with Gasteiger partial charge < -0.3 is 9.88 Å². The summed E-state index contributed by atoms with van der Waals surface area (Å²) in [4.78, 5) is 15.8. The number of amides is 1. The van der Waals surface area contributed by atoms with E-state index >= 15 is 0 Å². The minimum absolute atomic E-state index is 0.0824. The van der Waals surface area contributed by atoms with Crippen LogP contribution in [0.4, 0.5) is 5.69 Å². The van der Waals surface area contributed by atoms with Crippen LogP contribution in [0.5, 0.6) is 0 Å². The number of benzene rings is 1. The number of aromatic nitrogens is 4. The van der Waals surface area contributed by atoms with E-state index in [0.29, 0.717) is 6.54 Å². The van der Waals surface area contributed by atoms with Gasteiger partial charge in [0.2, 0.25) is 5.91 Å². The van der Waals surface area contributed by atoms with Gasteiger partial charge >= 0.3 is 0 Å². The van der Waals surface area contributed by atoms with Crippen molar-refractivity contribution in [1.82, 2.24) is 19.3 Å². The number of carbonyl (C=O) groups excluding carboxylic acids is 1. The summed E-state index contributed by atoms with van der Waals surface area (Å²) in [5, 5.41) is 7.00. The number of aryl methyl sites for hydroxylation is 1. The monoisotopic (exact) mass is 283 g/mol. The van der Waals surface area contributed by atoms with Crippen molar-refractivity contribution in [3.63, 3.8) is 0 Å². The molecule has 0 fully saturated rings. The van der Waals surface area contributed by atoms with Gasteiger partial charge in [-0.05, 0) is 31.2 Å². The zero-order valence-corrected chi connectivity index (χ0v) is 12.1. The Bertz CT molecular complexity index is 773. The quantitative estimate of drug-likeness (QED) is 0.798. The van der Waals surface area contributed by atoms with E-state index in [-0.39, 0.29) is 5.91 Å². The topological polar surface area (TPSA) is 64.7 Å². The molecular formula is C15H17N5O. The third-order valence-electron chi connectivity index (χ3n) is 3.33. The normalized spacial score (nSPS) is 11.0. The lowest BCUT2D eigenvalue weighted by Crippen LogP contribution is -2.08. The van der Waals surface area contributed by atoms with Crippen LogP contribution in [0.3, 0.4) is 0 Å². The molecule has 0 aliphatic heterocycles. The Kier molecular flexibility index (Phi) is 3.43. The lowest BCUT2D eigenvalue weighted by molar-refractivity contribution is -0.114. The van der Waals surface area contributed by atoms with Crippen molar-refractivity contribution >= 4 is 22.6 Å². The van der Waals surface area contributed by atoms with E-state index in [2.05, 4.69) is 26.9 Å². The third-order valence-corrected chi connectivity index (χ3v) is 3.33. The Hall–Kier alpha value is -2.63. The van der Waals surface area contributed by atoms with Crippen LogP contribution < -0.4 is 5.32 Å². The zero-order valence-electron chi connectivity index (χ0n) is 12.1. The Labute approximate surface area is 122 Å². The predicted octanol–water partition coefficient (Wildman–Crippen LogP) is 2.26. The van der Waals surface area contributed by atoms with E-state index in [4.69, 9.17) is 0 Å². The molecule has 3 rings (SSSR count). The van der Waals surface area contributed by atoms with Crippen molar-refractivity contribution in [2.24, 2.45) is 0 Å². The van der Waals surface area contributed by atoms with Crippen molar-refractivity contribution in [2.45, 2.75) is 26.9 Å². The molecule has 1 amide bonds. The van der Waals surface area contributed by atoms with E-state index in [1.54, 1.807) is 6.20 Å². The first-order chi connectivity index (χ1) is 10.2. The Morgan fingerprint density at radius 3 is 2.90 bits per heavy atom. The van der Waals surface area contributed by atoms with Crippen LogP contribution in [0.2, 0.25) is 0 Å². The Morgan fingerprint density at radius 2 is 2.24 bits per heavy atom. The lowest BCUT2D eigenvalue weighted by atomic mass is 10.2. The van der Waals surface area contributed by atoms with Crippen LogP contribution in [0, 0.1) is 0 Å². The first-order valence-electron chi connectivity index (χ1n) is 6.91. The van der Waals surface area contributed by atoms with Crippen molar-refractivity contribution < 1.29 is 4.79 Å². The van der Waals surface area contributed by atoms with Crippen LogP contribution in [0.1, 0.15) is 19.7 Å². The molecule has 0 aliphatic carbocycles. The fourth-order valence-corrected chi connectivity index (χ4v) is 2.47. The summed E-state index contributed by atoms with van der Waals surface area (Å²) in [5.74, 6) is 0.872. The SMILES string of the molecule is CCn1c(Cn2cccn2)nc2cc(NC(C)=O)ccc21. The molecule has 0 unspecified atom stereocenters. The molecule has 1 N–H and O–H groups in total. The number of hydrogen-bond donors (Lipinski definition) is 1. The molecule has 2 heterocycles. The minimum atomic E-state index is -0.0824. The second-order valence-corrected chi connectivity index (χ2v) is 4.86. The van der Waals surface area contributed by atoms with Crippen LogP contribution in [-0.2, 0) is 17.9 Å². The molecule has 0 radical (unpaired) electrons. The van der Waals surface area contributed by atoms with Gasteiger partial charge in [0.15, 0.2) is 0 Å². The van der Waals surface area contributed by atoms with Crippen molar-refractivity contribution in [2.75, 3.05) is 5.32 Å². The summed E-state index contributed by atoms with van der Waals surface area (Å²) in [6.45, 7) is 5.06. The summed E-state index contributed by atoms with van der Waals surface area (Å²) in [6.07, 6.45) is 3.68. The summed E-state index contributed by atoms with van der Waals surface area (Å²) >= 11 is 0. The maximum absolute atomic E-state index is 11.1. The summed E-state index contributed by atoms with van der Waals surface area (Å²) in [7, 11) is 0. The summed E-state index contributed by atoms with van der Waals surface area (Å²) < 4.78 is 4.01. The highest BCUT2D eigenvalue weighted by atomic mass is 16.1. The van der Waals surface area contributed by atoms with E-state index in [9.17, 15) is 4.79 Å². The molecule has 3 aromatic rings. The number of carbonyl (C=O) groups is 1. The first kappa shape index (κ1) is 13.4. The highest BCUT2D eigenvalue weighted by Gasteiger charge is 2.11. The van der Waals surface area contributed by atoms with Crippen LogP contribution in [0.15, 0.2) is 36.7 Å². The number of nitrogens with one attached hydrogen (secondary N) is 1. The molecule has 2 aromatic heterocycles. The van der Waals surface area contributed by atoms with Crippen molar-refractivity contribution in [3.05, 3.63) is 42.5 Å². The van der Waals surface area contributed by atoms with Gasteiger partial charge in [-0.25, -0.2) is 4.98 Å². The lowest BCUT2D eigenvalue weighted by Gasteiger charge is -2.06. The molecular weight excluding hydrogens is 266 g/mol. The number of anilines is 1. The van der Waals surface area contributed by atoms with Crippen molar-refractivity contribution in [3.8, 4) is 0 Å². The molecule has 6 nitrogen and oxygen atoms in total. The highest BCUT2D eigenvalue weighted by Crippen LogP contribution is 2.21. The number of nitrogens with zero attached hydrogens (tertiary/aromatic N) is 4. The Balaban J connectivity index is 2.02. The number of fused-ring (bicyclic) bond motifs is 1. The second-order valence-electron chi connectivity index (χ2n) is 4.86. The molecule has 0 atom stereocenters. The van der Waals surface area contributed by atoms with Gasteiger partial charge in [-0.2, -0.15) is 5.10 Å². The van der Waals surface area contributed by atoms with E-state index in [0.717, 1.165) is 29.1 Å². The molecule has 108 valence electrons. The molecule has 0 aliphatic rings. The minimum Gasteiger partial charge on any atom is -0.327 e. The van der Waals surface area contributed by atoms with Crippen LogP contribution in [0.25, 0.3) is 11.0 Å². The largest absolute Gasteiger partial charge is 0.327 e. The number of hydrogen-bond acceptors (Lipinski definition) is 3. The maximum atomic E-state index is 11.1. The molecule has 0 spiro atoms. The van der Waals surface area contributed by atoms with Gasteiger partial charge in [0.05, 0.1) is 17.6 Å². The molecule has 0 saturated carbocycles. The van der Waals surface area contributed by atoms with Crippen molar-refractivity contribution in [1.29, 1.82) is 0 Å². The standard InChI is InChI=1S/C15H17N5O/c1-3-20-14-6-5-12(17-11(2)21)9-13(14)18-15(20)10-19-8-4-7-16-19/h4-9H,3,10H2,1-2H3,(H,17,21).